The van der Waals surface area contributed by atoms with Gasteiger partial charge in [0.05, 0.1) is 116 Å². The zero-order valence-electron chi connectivity index (χ0n) is 51.5. The lowest BCUT2D eigenvalue weighted by molar-refractivity contribution is -0.115. The summed E-state index contributed by atoms with van der Waals surface area (Å²) in [5.74, 6) is -8.39. The highest BCUT2D eigenvalue weighted by Gasteiger charge is 2.20. The molecule has 94 heavy (non-hydrogen) atoms. The molecule has 0 atom stereocenters. The molecule has 0 aliphatic rings. The zero-order chi connectivity index (χ0) is 68.7. The van der Waals surface area contributed by atoms with Crippen molar-refractivity contribution in [1.29, 1.82) is 0 Å². The van der Waals surface area contributed by atoms with E-state index in [1.54, 1.807) is 0 Å². The molecule has 0 aliphatic heterocycles. The number of guanidine groups is 2. The largest absolute Gasteiger partial charge is 0.451 e. The number of nitrogens with one attached hydrogen (secondary N) is 6. The maximum Gasteiger partial charge on any atom is 0.314 e. The monoisotopic (exact) mass is 1370 g/mol. The van der Waals surface area contributed by atoms with Crippen molar-refractivity contribution >= 4 is 68.0 Å². The Bertz CT molecular complexity index is 3150. The first-order valence-electron chi connectivity index (χ1n) is 28.8. The molecule has 36 heteroatoms. The number of ether oxygens (including phenoxy) is 10. The molecule has 6 amide bonds. The number of urea groups is 2. The van der Waals surface area contributed by atoms with Gasteiger partial charge in [-0.15, -0.1) is 0 Å². The number of nitrogens with zero attached hydrogens (tertiary/aromatic N) is 2. The molecule has 0 aromatic heterocycles. The summed E-state index contributed by atoms with van der Waals surface area (Å²) >= 11 is 0. The zero-order valence-corrected chi connectivity index (χ0v) is 53.2. The standard InChI is InChI=1S/C58H78F4N12O18S2/c1-39(53(75)73-55(63)64)33-41-35-47(59)51(48(60)36-41)91-43-3-7-45(8-4-43)93(79,80)71-15-21-87-27-31-89-29-25-85-19-13-69-57(77)67-11-17-83-23-24-84-18-12-68-58(78)70-14-20-86-26-30-90-32-28-88-22-16-72-94(81,82)46-9-5-44(6-10-46)92-52-49(61)37-42(38-50(52)62)34-40(2)54(76)74-56(65)66/h3-10,33-38,71-72H,11-32H2,1-2H3,(H2,67,69,77)(H2,68,70,78)(H4,63,64,73,75)(H4,65,66,74,76)/b39-33+,40-34+. The minimum atomic E-state index is -3.96. The molecule has 0 bridgehead atoms. The summed E-state index contributed by atoms with van der Waals surface area (Å²) in [5.41, 5.74) is 20.8. The summed E-state index contributed by atoms with van der Waals surface area (Å²) in [7, 11) is -7.92. The van der Waals surface area contributed by atoms with Crippen LogP contribution in [0.15, 0.2) is 104 Å². The highest BCUT2D eigenvalue weighted by Crippen LogP contribution is 2.32. The van der Waals surface area contributed by atoms with Gasteiger partial charge in [0.2, 0.25) is 20.0 Å². The number of nitrogens with two attached hydrogens (primary N) is 4. The van der Waals surface area contributed by atoms with Gasteiger partial charge in [-0.05, 0) is 110 Å². The fraction of sp³-hybridized carbons (Fsp3) is 0.414. The van der Waals surface area contributed by atoms with E-state index in [1.807, 2.05) is 0 Å². The van der Waals surface area contributed by atoms with Crippen LogP contribution in [-0.4, -0.2) is 198 Å². The molecule has 4 aromatic carbocycles. The molecule has 0 unspecified atom stereocenters. The number of carbonyl (C=O) groups excluding carboxylic acids is 4. The van der Waals surface area contributed by atoms with Gasteiger partial charge in [-0.3, -0.25) is 9.59 Å². The molecule has 4 aromatic rings. The number of benzene rings is 4. The van der Waals surface area contributed by atoms with Gasteiger partial charge in [-0.2, -0.15) is 9.98 Å². The van der Waals surface area contributed by atoms with Crippen molar-refractivity contribution in [2.45, 2.75) is 23.6 Å². The average Bonchev–Trinajstić information content (AvgIpc) is 0.835. The third-order valence-corrected chi connectivity index (χ3v) is 14.7. The maximum absolute atomic E-state index is 14.8. The number of hydrogen-bond donors (Lipinski definition) is 10. The lowest BCUT2D eigenvalue weighted by Crippen LogP contribution is -2.39. The molecule has 0 spiro atoms. The smallest absolute Gasteiger partial charge is 0.314 e. The average molecular weight is 1370 g/mol. The van der Waals surface area contributed by atoms with E-state index in [0.717, 1.165) is 24.3 Å². The van der Waals surface area contributed by atoms with Crippen LogP contribution in [0.1, 0.15) is 25.0 Å². The van der Waals surface area contributed by atoms with Gasteiger partial charge in [-0.1, -0.05) is 0 Å². The summed E-state index contributed by atoms with van der Waals surface area (Å²) in [4.78, 5) is 54.3. The van der Waals surface area contributed by atoms with Crippen molar-refractivity contribution in [3.05, 3.63) is 118 Å². The molecular weight excluding hydrogens is 1290 g/mol. The fourth-order valence-corrected chi connectivity index (χ4v) is 9.33. The SMILES string of the molecule is C/C(=C\c1cc(F)c(Oc2ccc(S(=O)(=O)NCCOCCOCCOCCNC(=O)NCCOCCOCCNC(=O)NCCOCCOCCOCCNS(=O)(=O)c3ccc(Oc4c(F)cc(/C=C(\C)C(=O)N=C(N)N)cc4F)cc3)cc2)c(F)c1)C(=O)N=C(N)N. The second kappa shape index (κ2) is 42.8. The van der Waals surface area contributed by atoms with E-state index >= 15 is 0 Å². The first-order chi connectivity index (χ1) is 44.9. The minimum Gasteiger partial charge on any atom is -0.451 e. The Labute approximate surface area is 540 Å². The van der Waals surface area contributed by atoms with Crippen molar-refractivity contribution < 1.29 is 101 Å². The highest BCUT2D eigenvalue weighted by molar-refractivity contribution is 7.89. The molecule has 0 aliphatic carbocycles. The van der Waals surface area contributed by atoms with E-state index in [0.29, 0.717) is 0 Å². The number of sulfonamides is 2. The Kier molecular flexibility index (Phi) is 35.5. The maximum atomic E-state index is 14.8. The van der Waals surface area contributed by atoms with Crippen molar-refractivity contribution in [1.82, 2.24) is 30.7 Å². The summed E-state index contributed by atoms with van der Waals surface area (Å²) < 4.78 is 169. The van der Waals surface area contributed by atoms with E-state index in [9.17, 15) is 53.6 Å². The molecule has 14 N–H and O–H groups in total. The summed E-state index contributed by atoms with van der Waals surface area (Å²) in [6.45, 7) is 7.00. The molecule has 30 nitrogen and oxygen atoms in total. The number of aliphatic imine (C=N–C) groups is 2. The molecule has 0 fully saturated rings. The topological polar surface area (TPSA) is 430 Å². The van der Waals surface area contributed by atoms with Gasteiger partial charge in [0.25, 0.3) is 11.8 Å². The van der Waals surface area contributed by atoms with E-state index in [4.69, 9.17) is 70.3 Å². The summed E-state index contributed by atoms with van der Waals surface area (Å²) in [6, 6.07) is 12.6. The van der Waals surface area contributed by atoms with E-state index in [1.165, 1.54) is 74.5 Å². The normalized spacial score (nSPS) is 11.8. The first kappa shape index (κ1) is 78.0. The third-order valence-electron chi connectivity index (χ3n) is 11.7. The van der Waals surface area contributed by atoms with Crippen LogP contribution in [0.4, 0.5) is 27.2 Å². The van der Waals surface area contributed by atoms with Crippen LogP contribution >= 0.6 is 0 Å². The predicted octanol–water partition coefficient (Wildman–Crippen LogP) is 2.22. The molecule has 518 valence electrons. The van der Waals surface area contributed by atoms with Crippen LogP contribution < -0.4 is 63.1 Å². The quantitative estimate of drug-likeness (QED) is 0.00997. The Morgan fingerprint density at radius 3 is 0.904 bits per heavy atom. The van der Waals surface area contributed by atoms with Gasteiger partial charge in [-0.25, -0.2) is 53.4 Å². The van der Waals surface area contributed by atoms with Crippen LogP contribution in [0.25, 0.3) is 12.2 Å². The number of rotatable bonds is 45. The first-order valence-corrected chi connectivity index (χ1v) is 31.7. The second-order valence-electron chi connectivity index (χ2n) is 19.2. The number of hydrogen-bond acceptors (Lipinski definition) is 18. The van der Waals surface area contributed by atoms with Crippen molar-refractivity contribution in [3.63, 3.8) is 0 Å². The van der Waals surface area contributed by atoms with Gasteiger partial charge in [0, 0.05) is 50.4 Å². The second-order valence-corrected chi connectivity index (χ2v) is 22.7. The molecule has 0 saturated carbocycles. The molecule has 0 saturated heterocycles. The van der Waals surface area contributed by atoms with Gasteiger partial charge < -0.3 is 91.6 Å². The molecule has 0 heterocycles. The fourth-order valence-electron chi connectivity index (χ4n) is 7.31. The Morgan fingerprint density at radius 2 is 0.649 bits per heavy atom. The van der Waals surface area contributed by atoms with Crippen molar-refractivity contribution in [3.8, 4) is 23.0 Å². The molecule has 0 radical (unpaired) electrons. The highest BCUT2D eigenvalue weighted by atomic mass is 32.2. The van der Waals surface area contributed by atoms with Gasteiger partial charge >= 0.3 is 12.1 Å². The molecule has 4 rings (SSSR count). The van der Waals surface area contributed by atoms with Gasteiger partial charge in [0.15, 0.2) is 46.7 Å². The predicted molar refractivity (Wildman–Crippen MR) is 334 cm³/mol. The molecular formula is C58H78F4N12O18S2. The number of amides is 6. The Balaban J connectivity index is 0.867. The lowest BCUT2D eigenvalue weighted by atomic mass is 10.1. The van der Waals surface area contributed by atoms with Crippen LogP contribution in [0, 0.1) is 23.3 Å². The Hall–Kier alpha value is -8.40. The van der Waals surface area contributed by atoms with Gasteiger partial charge in [0.1, 0.15) is 11.5 Å². The van der Waals surface area contributed by atoms with E-state index in [2.05, 4.69) is 40.7 Å². The van der Waals surface area contributed by atoms with Crippen molar-refractivity contribution in [2.24, 2.45) is 32.9 Å². The third kappa shape index (κ3) is 31.5. The summed E-state index contributed by atoms with van der Waals surface area (Å²) in [6.07, 6.45) is 2.37. The van der Waals surface area contributed by atoms with Crippen LogP contribution in [0.2, 0.25) is 0 Å². The Morgan fingerprint density at radius 1 is 0.404 bits per heavy atom. The lowest BCUT2D eigenvalue weighted by Gasteiger charge is -2.11. The van der Waals surface area contributed by atoms with Crippen LogP contribution in [0.3, 0.4) is 0 Å². The van der Waals surface area contributed by atoms with Crippen LogP contribution in [-0.2, 0) is 67.5 Å². The van der Waals surface area contributed by atoms with E-state index in [-0.39, 0.29) is 189 Å². The minimum absolute atomic E-state index is 0.00734. The van der Waals surface area contributed by atoms with E-state index < -0.39 is 90.6 Å². The van der Waals surface area contributed by atoms with Crippen LogP contribution in [0.5, 0.6) is 23.0 Å². The van der Waals surface area contributed by atoms with Crippen molar-refractivity contribution in [2.75, 3.05) is 145 Å². The summed E-state index contributed by atoms with van der Waals surface area (Å²) in [5, 5.41) is 10.6. The number of carbonyl (C=O) groups is 4. The number of halogens is 4.